The molecule has 1 nitrogen and oxygen atoms in total. The zero-order chi connectivity index (χ0) is 17.2. The Labute approximate surface area is 135 Å². The predicted octanol–water partition coefficient (Wildman–Crippen LogP) is 5.31. The Morgan fingerprint density at radius 3 is 2.04 bits per heavy atom. The quantitative estimate of drug-likeness (QED) is 0.811. The second kappa shape index (κ2) is 6.75. The van der Waals surface area contributed by atoms with E-state index in [0.717, 1.165) is 17.2 Å². The Bertz CT molecular complexity index is 662. The van der Waals surface area contributed by atoms with Crippen molar-refractivity contribution >= 4 is 0 Å². The molecule has 0 fully saturated rings. The highest BCUT2D eigenvalue weighted by Crippen LogP contribution is 2.35. The van der Waals surface area contributed by atoms with E-state index < -0.39 is 11.7 Å². The number of alkyl halides is 3. The summed E-state index contributed by atoms with van der Waals surface area (Å²) in [5, 5.41) is 0. The number of benzene rings is 2. The van der Waals surface area contributed by atoms with E-state index in [4.69, 9.17) is 5.73 Å². The minimum atomic E-state index is -4.33. The molecule has 0 aromatic heterocycles. The first-order valence-electron chi connectivity index (χ1n) is 7.73. The van der Waals surface area contributed by atoms with Crippen LogP contribution in [0.5, 0.6) is 0 Å². The van der Waals surface area contributed by atoms with Crippen molar-refractivity contribution in [2.45, 2.75) is 44.8 Å². The summed E-state index contributed by atoms with van der Waals surface area (Å²) < 4.78 is 38.8. The summed E-state index contributed by atoms with van der Waals surface area (Å²) in [6, 6.07) is 13.4. The van der Waals surface area contributed by atoms with E-state index in [-0.39, 0.29) is 17.9 Å². The van der Waals surface area contributed by atoms with Crippen LogP contribution in [0.1, 0.15) is 54.9 Å². The molecule has 2 rings (SSSR count). The average Bonchev–Trinajstić information content (AvgIpc) is 2.52. The molecular weight excluding hydrogens is 299 g/mol. The number of halogens is 3. The van der Waals surface area contributed by atoms with Gasteiger partial charge in [0.1, 0.15) is 0 Å². The molecule has 23 heavy (non-hydrogen) atoms. The molecule has 0 aliphatic rings. The van der Waals surface area contributed by atoms with Crippen molar-refractivity contribution in [3.63, 3.8) is 0 Å². The lowest BCUT2D eigenvalue weighted by atomic mass is 9.83. The molecule has 0 aliphatic carbocycles. The van der Waals surface area contributed by atoms with Crippen molar-refractivity contribution in [1.29, 1.82) is 0 Å². The van der Waals surface area contributed by atoms with E-state index >= 15 is 0 Å². The van der Waals surface area contributed by atoms with Gasteiger partial charge in [-0.25, -0.2) is 0 Å². The lowest BCUT2D eigenvalue weighted by molar-refractivity contribution is -0.137. The van der Waals surface area contributed by atoms with Gasteiger partial charge in [-0.2, -0.15) is 13.2 Å². The van der Waals surface area contributed by atoms with Crippen LogP contribution in [0.3, 0.4) is 0 Å². The van der Waals surface area contributed by atoms with Crippen LogP contribution in [0.25, 0.3) is 0 Å². The molecule has 2 N–H and O–H groups in total. The van der Waals surface area contributed by atoms with Gasteiger partial charge in [0, 0.05) is 12.0 Å². The van der Waals surface area contributed by atoms with Crippen LogP contribution in [0.15, 0.2) is 48.5 Å². The molecule has 3 atom stereocenters. The van der Waals surface area contributed by atoms with Crippen molar-refractivity contribution in [2.24, 2.45) is 5.73 Å². The fourth-order valence-electron chi connectivity index (χ4n) is 2.77. The van der Waals surface area contributed by atoms with Crippen LogP contribution in [0, 0.1) is 0 Å². The lowest BCUT2D eigenvalue weighted by Crippen LogP contribution is -2.23. The van der Waals surface area contributed by atoms with Gasteiger partial charge in [0.25, 0.3) is 0 Å². The SMILES string of the molecule is CC(c1cccc(C(F)(F)F)c1)c1ccccc1C(C)C(C)N. The molecule has 0 saturated heterocycles. The fraction of sp³-hybridized carbons (Fsp3) is 0.368. The van der Waals surface area contributed by atoms with Crippen LogP contribution in [0.2, 0.25) is 0 Å². The maximum atomic E-state index is 12.9. The summed E-state index contributed by atoms with van der Waals surface area (Å²) in [5.41, 5.74) is 8.17. The molecule has 3 unspecified atom stereocenters. The second-order valence-electron chi connectivity index (χ2n) is 6.12. The largest absolute Gasteiger partial charge is 0.416 e. The third kappa shape index (κ3) is 3.94. The van der Waals surface area contributed by atoms with Gasteiger partial charge in [-0.05, 0) is 35.6 Å². The summed E-state index contributed by atoms with van der Waals surface area (Å²) in [6.07, 6.45) is -4.33. The Kier molecular flexibility index (Phi) is 5.15. The van der Waals surface area contributed by atoms with E-state index in [9.17, 15) is 13.2 Å². The van der Waals surface area contributed by atoms with Crippen molar-refractivity contribution in [3.05, 3.63) is 70.8 Å². The minimum Gasteiger partial charge on any atom is -0.327 e. The average molecular weight is 321 g/mol. The maximum Gasteiger partial charge on any atom is 0.416 e. The number of hydrogen-bond donors (Lipinski definition) is 1. The number of rotatable bonds is 4. The summed E-state index contributed by atoms with van der Waals surface area (Å²) >= 11 is 0. The van der Waals surface area contributed by atoms with Gasteiger partial charge in [0.15, 0.2) is 0 Å². The minimum absolute atomic E-state index is 0.0233. The van der Waals surface area contributed by atoms with Crippen LogP contribution < -0.4 is 5.73 Å². The molecule has 0 radical (unpaired) electrons. The Hall–Kier alpha value is -1.81. The van der Waals surface area contributed by atoms with Crippen LogP contribution >= 0.6 is 0 Å². The first kappa shape index (κ1) is 17.5. The lowest BCUT2D eigenvalue weighted by Gasteiger charge is -2.24. The highest BCUT2D eigenvalue weighted by Gasteiger charge is 2.31. The zero-order valence-corrected chi connectivity index (χ0v) is 13.6. The molecule has 2 aromatic carbocycles. The highest BCUT2D eigenvalue weighted by molar-refractivity contribution is 5.41. The van der Waals surface area contributed by atoms with Crippen molar-refractivity contribution in [2.75, 3.05) is 0 Å². The fourth-order valence-corrected chi connectivity index (χ4v) is 2.77. The second-order valence-corrected chi connectivity index (χ2v) is 6.12. The van der Waals surface area contributed by atoms with Gasteiger partial charge in [-0.1, -0.05) is 56.3 Å². The molecular formula is C19H22F3N. The van der Waals surface area contributed by atoms with Crippen LogP contribution in [-0.2, 0) is 6.18 Å². The molecule has 0 spiro atoms. The monoisotopic (exact) mass is 321 g/mol. The maximum absolute atomic E-state index is 12.9. The Morgan fingerprint density at radius 2 is 1.48 bits per heavy atom. The molecule has 0 heterocycles. The summed E-state index contributed by atoms with van der Waals surface area (Å²) in [6.45, 7) is 5.92. The van der Waals surface area contributed by atoms with Crippen molar-refractivity contribution < 1.29 is 13.2 Å². The number of nitrogens with two attached hydrogens (primary N) is 1. The molecule has 0 amide bonds. The van der Waals surface area contributed by atoms with Gasteiger partial charge in [0.05, 0.1) is 5.56 Å². The third-order valence-corrected chi connectivity index (χ3v) is 4.46. The van der Waals surface area contributed by atoms with E-state index in [0.29, 0.717) is 5.56 Å². The van der Waals surface area contributed by atoms with E-state index in [2.05, 4.69) is 0 Å². The Morgan fingerprint density at radius 1 is 0.870 bits per heavy atom. The van der Waals surface area contributed by atoms with E-state index in [1.807, 2.05) is 45.0 Å². The van der Waals surface area contributed by atoms with Gasteiger partial charge < -0.3 is 5.73 Å². The van der Waals surface area contributed by atoms with Crippen LogP contribution in [-0.4, -0.2) is 6.04 Å². The zero-order valence-electron chi connectivity index (χ0n) is 13.6. The van der Waals surface area contributed by atoms with Gasteiger partial charge in [0.2, 0.25) is 0 Å². The van der Waals surface area contributed by atoms with Crippen molar-refractivity contribution in [1.82, 2.24) is 0 Å². The molecule has 0 aliphatic heterocycles. The highest BCUT2D eigenvalue weighted by atomic mass is 19.4. The molecule has 124 valence electrons. The van der Waals surface area contributed by atoms with Gasteiger partial charge in [-0.3, -0.25) is 0 Å². The third-order valence-electron chi connectivity index (χ3n) is 4.46. The summed E-state index contributed by atoms with van der Waals surface area (Å²) in [4.78, 5) is 0. The van der Waals surface area contributed by atoms with E-state index in [1.165, 1.54) is 12.1 Å². The predicted molar refractivity (Wildman–Crippen MR) is 87.5 cm³/mol. The summed E-state index contributed by atoms with van der Waals surface area (Å²) in [7, 11) is 0. The van der Waals surface area contributed by atoms with E-state index in [1.54, 1.807) is 6.07 Å². The van der Waals surface area contributed by atoms with Crippen LogP contribution in [0.4, 0.5) is 13.2 Å². The van der Waals surface area contributed by atoms with Gasteiger partial charge >= 0.3 is 6.18 Å². The Balaban J connectivity index is 2.44. The molecule has 0 saturated carbocycles. The topological polar surface area (TPSA) is 26.0 Å². The normalized spacial score (nSPS) is 16.0. The van der Waals surface area contributed by atoms with Crippen molar-refractivity contribution in [3.8, 4) is 0 Å². The number of hydrogen-bond acceptors (Lipinski definition) is 1. The molecule has 2 aromatic rings. The summed E-state index contributed by atoms with van der Waals surface area (Å²) in [5.74, 6) is 0.00847. The first-order chi connectivity index (χ1) is 10.7. The smallest absolute Gasteiger partial charge is 0.327 e. The molecule has 4 heteroatoms. The first-order valence-corrected chi connectivity index (χ1v) is 7.73. The molecule has 0 bridgehead atoms. The van der Waals surface area contributed by atoms with Gasteiger partial charge in [-0.15, -0.1) is 0 Å². The standard InChI is InChI=1S/C19H22F3N/c1-12(14(3)23)17-9-4-5-10-18(17)13(2)15-7-6-8-16(11-15)19(20,21)22/h4-14H,23H2,1-3H3.